The van der Waals surface area contributed by atoms with Gasteiger partial charge in [0.1, 0.15) is 0 Å². The summed E-state index contributed by atoms with van der Waals surface area (Å²) in [6.45, 7) is 0.669. The van der Waals surface area contributed by atoms with Crippen LogP contribution in [0.5, 0.6) is 0 Å². The molecular formula is C17H23N3O. The zero-order valence-corrected chi connectivity index (χ0v) is 12.9. The third-order valence-electron chi connectivity index (χ3n) is 3.56. The SMILES string of the molecule is COCCc1cc(N)c(N)c(-c2ccc(N(C)C)cc2)c1. The Labute approximate surface area is 126 Å². The predicted octanol–water partition coefficient (Wildman–Crippen LogP) is 2.77. The summed E-state index contributed by atoms with van der Waals surface area (Å²) in [6, 6.07) is 12.3. The van der Waals surface area contributed by atoms with Crippen LogP contribution in [0.4, 0.5) is 17.1 Å². The number of anilines is 3. The van der Waals surface area contributed by atoms with Crippen molar-refractivity contribution in [3.05, 3.63) is 42.0 Å². The van der Waals surface area contributed by atoms with E-state index in [-0.39, 0.29) is 0 Å². The summed E-state index contributed by atoms with van der Waals surface area (Å²) in [5.74, 6) is 0. The molecule has 0 spiro atoms. The largest absolute Gasteiger partial charge is 0.397 e. The van der Waals surface area contributed by atoms with E-state index in [1.165, 1.54) is 0 Å². The minimum atomic E-state index is 0.621. The number of nitrogens with two attached hydrogens (primary N) is 2. The first-order valence-corrected chi connectivity index (χ1v) is 6.97. The Morgan fingerprint density at radius 3 is 2.29 bits per heavy atom. The normalized spacial score (nSPS) is 10.6. The number of hydrogen-bond acceptors (Lipinski definition) is 4. The highest BCUT2D eigenvalue weighted by Crippen LogP contribution is 2.32. The molecule has 4 N–H and O–H groups in total. The first-order chi connectivity index (χ1) is 10.0. The van der Waals surface area contributed by atoms with Crippen LogP contribution in [-0.4, -0.2) is 27.8 Å². The highest BCUT2D eigenvalue weighted by Gasteiger charge is 2.09. The van der Waals surface area contributed by atoms with Crippen LogP contribution in [0.25, 0.3) is 11.1 Å². The minimum Gasteiger partial charge on any atom is -0.397 e. The number of nitrogens with zero attached hydrogens (tertiary/aromatic N) is 1. The molecule has 0 heterocycles. The van der Waals surface area contributed by atoms with E-state index in [9.17, 15) is 0 Å². The molecule has 4 nitrogen and oxygen atoms in total. The molecule has 0 radical (unpaired) electrons. The topological polar surface area (TPSA) is 64.5 Å². The summed E-state index contributed by atoms with van der Waals surface area (Å²) in [7, 11) is 5.74. The van der Waals surface area contributed by atoms with Crippen molar-refractivity contribution in [1.29, 1.82) is 0 Å². The fourth-order valence-corrected chi connectivity index (χ4v) is 2.28. The van der Waals surface area contributed by atoms with Crippen LogP contribution in [0.3, 0.4) is 0 Å². The maximum atomic E-state index is 6.14. The summed E-state index contributed by atoms with van der Waals surface area (Å²) in [6.07, 6.45) is 0.823. The van der Waals surface area contributed by atoms with Crippen LogP contribution in [0, 0.1) is 0 Å². The van der Waals surface area contributed by atoms with Gasteiger partial charge in [0.15, 0.2) is 0 Å². The molecule has 0 atom stereocenters. The smallest absolute Gasteiger partial charge is 0.0627 e. The standard InChI is InChI=1S/C17H23N3O/c1-20(2)14-6-4-13(5-7-14)15-10-12(8-9-21-3)11-16(18)17(15)19/h4-7,10-11H,8-9,18-19H2,1-3H3. The Kier molecular flexibility index (Phi) is 4.70. The zero-order valence-electron chi connectivity index (χ0n) is 12.9. The van der Waals surface area contributed by atoms with Gasteiger partial charge in [-0.3, -0.25) is 0 Å². The number of benzene rings is 2. The molecule has 0 unspecified atom stereocenters. The summed E-state index contributed by atoms with van der Waals surface area (Å²) in [5, 5.41) is 0. The number of rotatable bonds is 5. The molecular weight excluding hydrogens is 262 g/mol. The van der Waals surface area contributed by atoms with Crippen molar-refractivity contribution in [3.8, 4) is 11.1 Å². The number of ether oxygens (including phenoxy) is 1. The average molecular weight is 285 g/mol. The second-order valence-electron chi connectivity index (χ2n) is 5.33. The molecule has 2 aromatic rings. The van der Waals surface area contributed by atoms with Crippen LogP contribution in [0.1, 0.15) is 5.56 Å². The van der Waals surface area contributed by atoms with Gasteiger partial charge in [-0.25, -0.2) is 0 Å². The van der Waals surface area contributed by atoms with Crippen molar-refractivity contribution in [1.82, 2.24) is 0 Å². The van der Waals surface area contributed by atoms with E-state index in [1.54, 1.807) is 7.11 Å². The fourth-order valence-electron chi connectivity index (χ4n) is 2.28. The van der Waals surface area contributed by atoms with Gasteiger partial charge < -0.3 is 21.1 Å². The maximum Gasteiger partial charge on any atom is 0.0627 e. The molecule has 0 saturated heterocycles. The molecule has 2 aromatic carbocycles. The van der Waals surface area contributed by atoms with E-state index >= 15 is 0 Å². The Morgan fingerprint density at radius 2 is 1.71 bits per heavy atom. The van der Waals surface area contributed by atoms with Crippen LogP contribution in [-0.2, 0) is 11.2 Å². The zero-order chi connectivity index (χ0) is 15.4. The van der Waals surface area contributed by atoms with E-state index in [0.29, 0.717) is 18.0 Å². The second kappa shape index (κ2) is 6.50. The van der Waals surface area contributed by atoms with Crippen LogP contribution in [0.2, 0.25) is 0 Å². The third-order valence-corrected chi connectivity index (χ3v) is 3.56. The van der Waals surface area contributed by atoms with Crippen LogP contribution < -0.4 is 16.4 Å². The lowest BCUT2D eigenvalue weighted by Crippen LogP contribution is -2.08. The van der Waals surface area contributed by atoms with Gasteiger partial charge in [-0.1, -0.05) is 12.1 Å². The van der Waals surface area contributed by atoms with Gasteiger partial charge in [-0.2, -0.15) is 0 Å². The van der Waals surface area contributed by atoms with E-state index in [1.807, 2.05) is 20.2 Å². The molecule has 0 fully saturated rings. The van der Waals surface area contributed by atoms with Crippen molar-refractivity contribution in [2.75, 3.05) is 44.2 Å². The van der Waals surface area contributed by atoms with E-state index in [4.69, 9.17) is 16.2 Å². The van der Waals surface area contributed by atoms with Gasteiger partial charge in [0.25, 0.3) is 0 Å². The molecule has 0 aliphatic rings. The van der Waals surface area contributed by atoms with Crippen LogP contribution >= 0.6 is 0 Å². The van der Waals surface area contributed by atoms with Crippen molar-refractivity contribution < 1.29 is 4.74 Å². The van der Waals surface area contributed by atoms with Crippen LogP contribution in [0.15, 0.2) is 36.4 Å². The summed E-state index contributed by atoms with van der Waals surface area (Å²) in [5.41, 5.74) is 17.8. The first kappa shape index (κ1) is 15.2. The number of methoxy groups -OCH3 is 1. The molecule has 0 saturated carbocycles. The molecule has 0 aliphatic heterocycles. The molecule has 21 heavy (non-hydrogen) atoms. The fraction of sp³-hybridized carbons (Fsp3) is 0.294. The van der Waals surface area contributed by atoms with Gasteiger partial charge in [0.05, 0.1) is 18.0 Å². The molecule has 0 aromatic heterocycles. The van der Waals surface area contributed by atoms with Gasteiger partial charge in [0, 0.05) is 32.5 Å². The summed E-state index contributed by atoms with van der Waals surface area (Å²) in [4.78, 5) is 2.07. The van der Waals surface area contributed by atoms with E-state index in [2.05, 4.69) is 35.2 Å². The Bertz CT molecular complexity index is 606. The first-order valence-electron chi connectivity index (χ1n) is 6.97. The van der Waals surface area contributed by atoms with E-state index in [0.717, 1.165) is 28.8 Å². The Morgan fingerprint density at radius 1 is 1.05 bits per heavy atom. The molecule has 112 valence electrons. The highest BCUT2D eigenvalue weighted by atomic mass is 16.5. The van der Waals surface area contributed by atoms with Crippen molar-refractivity contribution in [2.45, 2.75) is 6.42 Å². The lowest BCUT2D eigenvalue weighted by molar-refractivity contribution is 0.202. The summed E-state index contributed by atoms with van der Waals surface area (Å²) >= 11 is 0. The summed E-state index contributed by atoms with van der Waals surface area (Å²) < 4.78 is 5.13. The Balaban J connectivity index is 2.39. The molecule has 4 heteroatoms. The van der Waals surface area contributed by atoms with Gasteiger partial charge in [-0.05, 0) is 41.8 Å². The number of hydrogen-bond donors (Lipinski definition) is 2. The molecule has 0 aliphatic carbocycles. The van der Waals surface area contributed by atoms with Crippen molar-refractivity contribution in [2.24, 2.45) is 0 Å². The van der Waals surface area contributed by atoms with Crippen molar-refractivity contribution >= 4 is 17.1 Å². The van der Waals surface area contributed by atoms with Gasteiger partial charge in [-0.15, -0.1) is 0 Å². The van der Waals surface area contributed by atoms with Gasteiger partial charge in [0.2, 0.25) is 0 Å². The predicted molar refractivity (Wildman–Crippen MR) is 90.6 cm³/mol. The molecule has 0 amide bonds. The number of nitrogen functional groups attached to an aromatic ring is 2. The second-order valence-corrected chi connectivity index (χ2v) is 5.33. The minimum absolute atomic E-state index is 0.621. The molecule has 2 rings (SSSR count). The third kappa shape index (κ3) is 3.47. The average Bonchev–Trinajstić information content (AvgIpc) is 2.48. The van der Waals surface area contributed by atoms with E-state index < -0.39 is 0 Å². The molecule has 0 bridgehead atoms. The highest BCUT2D eigenvalue weighted by molar-refractivity contribution is 5.85. The quantitative estimate of drug-likeness (QED) is 0.829. The lowest BCUT2D eigenvalue weighted by atomic mass is 9.98. The lowest BCUT2D eigenvalue weighted by Gasteiger charge is -2.15. The van der Waals surface area contributed by atoms with Gasteiger partial charge >= 0.3 is 0 Å². The monoisotopic (exact) mass is 285 g/mol. The Hall–Kier alpha value is -2.20. The van der Waals surface area contributed by atoms with Crippen molar-refractivity contribution in [3.63, 3.8) is 0 Å². The maximum absolute atomic E-state index is 6.14.